The van der Waals surface area contributed by atoms with Gasteiger partial charge in [-0.2, -0.15) is 8.91 Å². The summed E-state index contributed by atoms with van der Waals surface area (Å²) in [5, 5.41) is 7.12. The van der Waals surface area contributed by atoms with Gasteiger partial charge in [-0.05, 0) is 11.6 Å². The zero-order valence-electron chi connectivity index (χ0n) is 9.72. The van der Waals surface area contributed by atoms with Crippen molar-refractivity contribution in [2.24, 2.45) is 0 Å². The predicted octanol–water partition coefficient (Wildman–Crippen LogP) is 2.53. The van der Waals surface area contributed by atoms with Crippen LogP contribution in [0.3, 0.4) is 0 Å². The van der Waals surface area contributed by atoms with E-state index in [2.05, 4.69) is 20.4 Å². The van der Waals surface area contributed by atoms with E-state index in [0.29, 0.717) is 18.0 Å². The highest BCUT2D eigenvalue weighted by molar-refractivity contribution is 6.29. The number of rotatable bonds is 3. The molecule has 3 aromatic heterocycles. The van der Waals surface area contributed by atoms with Gasteiger partial charge in [0.2, 0.25) is 5.95 Å². The predicted molar refractivity (Wildman–Crippen MR) is 69.5 cm³/mol. The van der Waals surface area contributed by atoms with Gasteiger partial charge in [-0.1, -0.05) is 17.7 Å². The number of nitrogens with zero attached hydrogens (tertiary/aromatic N) is 4. The van der Waals surface area contributed by atoms with Gasteiger partial charge >= 0.3 is 0 Å². The maximum Gasteiger partial charge on any atom is 0.235 e. The number of pyridine rings is 1. The summed E-state index contributed by atoms with van der Waals surface area (Å²) < 4.78 is 14.5. The molecule has 0 bridgehead atoms. The van der Waals surface area contributed by atoms with Crippen molar-refractivity contribution in [1.82, 2.24) is 19.6 Å². The topological polar surface area (TPSA) is 55.1 Å². The minimum atomic E-state index is -0.598. The molecule has 0 aliphatic carbocycles. The van der Waals surface area contributed by atoms with Gasteiger partial charge in [0.05, 0.1) is 0 Å². The fraction of sp³-hybridized carbons (Fsp3) is 0.0833. The zero-order chi connectivity index (χ0) is 13.2. The summed E-state index contributed by atoms with van der Waals surface area (Å²) in [6.07, 6.45) is 3.45. The molecule has 3 aromatic rings. The SMILES string of the molecule is Fc1cc2nc(Cl)cc(NCc3cccnc3)n2n1. The Morgan fingerprint density at radius 1 is 1.37 bits per heavy atom. The summed E-state index contributed by atoms with van der Waals surface area (Å²) in [4.78, 5) is 8.01. The van der Waals surface area contributed by atoms with E-state index >= 15 is 0 Å². The first-order valence-corrected chi connectivity index (χ1v) is 5.95. The van der Waals surface area contributed by atoms with Crippen LogP contribution in [-0.4, -0.2) is 19.6 Å². The summed E-state index contributed by atoms with van der Waals surface area (Å²) in [7, 11) is 0. The average molecular weight is 278 g/mol. The maximum atomic E-state index is 13.1. The second-order valence-corrected chi connectivity index (χ2v) is 4.30. The highest BCUT2D eigenvalue weighted by Crippen LogP contribution is 2.17. The van der Waals surface area contributed by atoms with Crippen molar-refractivity contribution < 1.29 is 4.39 Å². The molecule has 1 N–H and O–H groups in total. The summed E-state index contributed by atoms with van der Waals surface area (Å²) in [5.41, 5.74) is 1.36. The Kier molecular flexibility index (Phi) is 3.00. The Morgan fingerprint density at radius 2 is 2.26 bits per heavy atom. The Balaban J connectivity index is 1.92. The third-order valence-corrected chi connectivity index (χ3v) is 2.76. The lowest BCUT2D eigenvalue weighted by molar-refractivity contribution is 0.571. The lowest BCUT2D eigenvalue weighted by atomic mass is 10.3. The first-order chi connectivity index (χ1) is 9.22. The molecule has 0 radical (unpaired) electrons. The number of halogens is 2. The molecule has 19 heavy (non-hydrogen) atoms. The Bertz CT molecular complexity index is 713. The molecule has 0 amide bonds. The van der Waals surface area contributed by atoms with E-state index in [9.17, 15) is 4.39 Å². The lowest BCUT2D eigenvalue weighted by Crippen LogP contribution is -2.06. The number of nitrogens with one attached hydrogen (secondary N) is 1. The molecule has 7 heteroatoms. The monoisotopic (exact) mass is 277 g/mol. The van der Waals surface area contributed by atoms with Gasteiger partial charge in [-0.15, -0.1) is 5.10 Å². The molecule has 0 saturated heterocycles. The Morgan fingerprint density at radius 3 is 3.05 bits per heavy atom. The molecular weight excluding hydrogens is 269 g/mol. The van der Waals surface area contributed by atoms with E-state index in [1.165, 1.54) is 10.6 Å². The fourth-order valence-corrected chi connectivity index (χ4v) is 1.93. The summed E-state index contributed by atoms with van der Waals surface area (Å²) >= 11 is 5.89. The third-order valence-electron chi connectivity index (χ3n) is 2.56. The van der Waals surface area contributed by atoms with Crippen LogP contribution in [-0.2, 0) is 6.54 Å². The first kappa shape index (κ1) is 11.9. The maximum absolute atomic E-state index is 13.1. The largest absolute Gasteiger partial charge is 0.366 e. The molecule has 0 fully saturated rings. The van der Waals surface area contributed by atoms with E-state index in [4.69, 9.17) is 11.6 Å². The summed E-state index contributed by atoms with van der Waals surface area (Å²) in [6, 6.07) is 6.60. The van der Waals surface area contributed by atoms with Gasteiger partial charge in [0, 0.05) is 31.1 Å². The molecular formula is C12H9ClFN5. The molecule has 5 nitrogen and oxygen atoms in total. The highest BCUT2D eigenvalue weighted by Gasteiger charge is 2.08. The van der Waals surface area contributed by atoms with Crippen molar-refractivity contribution in [3.63, 3.8) is 0 Å². The van der Waals surface area contributed by atoms with Crippen LogP contribution >= 0.6 is 11.6 Å². The first-order valence-electron chi connectivity index (χ1n) is 5.57. The van der Waals surface area contributed by atoms with E-state index in [1.807, 2.05) is 12.1 Å². The number of aromatic nitrogens is 4. The molecule has 0 atom stereocenters. The lowest BCUT2D eigenvalue weighted by Gasteiger charge is -2.08. The van der Waals surface area contributed by atoms with Crippen LogP contribution in [0.4, 0.5) is 10.2 Å². The van der Waals surface area contributed by atoms with Gasteiger partial charge in [0.1, 0.15) is 11.0 Å². The second kappa shape index (κ2) is 4.81. The zero-order valence-corrected chi connectivity index (χ0v) is 10.5. The summed E-state index contributed by atoms with van der Waals surface area (Å²) in [5.74, 6) is -0.0260. The van der Waals surface area contributed by atoms with E-state index in [1.54, 1.807) is 18.5 Å². The number of fused-ring (bicyclic) bond motifs is 1. The highest BCUT2D eigenvalue weighted by atomic mass is 35.5. The van der Waals surface area contributed by atoms with Gasteiger partial charge < -0.3 is 5.32 Å². The molecule has 3 rings (SSSR count). The molecule has 0 aromatic carbocycles. The Labute approximate surface area is 113 Å². The van der Waals surface area contributed by atoms with Crippen molar-refractivity contribution >= 4 is 23.1 Å². The van der Waals surface area contributed by atoms with Crippen molar-refractivity contribution in [2.75, 3.05) is 5.32 Å². The van der Waals surface area contributed by atoms with Crippen LogP contribution in [0.2, 0.25) is 5.15 Å². The van der Waals surface area contributed by atoms with E-state index < -0.39 is 5.95 Å². The number of hydrogen-bond acceptors (Lipinski definition) is 4. The number of anilines is 1. The van der Waals surface area contributed by atoms with Gasteiger partial charge in [0.25, 0.3) is 0 Å². The van der Waals surface area contributed by atoms with Crippen LogP contribution in [0, 0.1) is 5.95 Å². The Hall–Kier alpha value is -2.21. The van der Waals surface area contributed by atoms with Crippen LogP contribution in [0.5, 0.6) is 0 Å². The van der Waals surface area contributed by atoms with Crippen LogP contribution in [0.25, 0.3) is 5.65 Å². The molecule has 3 heterocycles. The second-order valence-electron chi connectivity index (χ2n) is 3.92. The minimum Gasteiger partial charge on any atom is -0.366 e. The molecule has 0 spiro atoms. The molecule has 0 unspecified atom stereocenters. The van der Waals surface area contributed by atoms with Crippen molar-refractivity contribution in [1.29, 1.82) is 0 Å². The quantitative estimate of drug-likeness (QED) is 0.748. The van der Waals surface area contributed by atoms with Crippen molar-refractivity contribution in [2.45, 2.75) is 6.54 Å². The molecule has 0 saturated carbocycles. The van der Waals surface area contributed by atoms with E-state index in [0.717, 1.165) is 5.56 Å². The van der Waals surface area contributed by atoms with Crippen LogP contribution in [0.1, 0.15) is 5.56 Å². The standard InChI is InChI=1S/C12H9ClFN5/c13-9-4-11(16-7-8-2-1-3-15-6-8)19-12(17-9)5-10(14)18-19/h1-6,16H,7H2. The minimum absolute atomic E-state index is 0.279. The van der Waals surface area contributed by atoms with E-state index in [-0.39, 0.29) is 5.15 Å². The van der Waals surface area contributed by atoms with Crippen LogP contribution in [0.15, 0.2) is 36.7 Å². The normalized spacial score (nSPS) is 10.8. The molecule has 0 aliphatic rings. The van der Waals surface area contributed by atoms with Crippen molar-refractivity contribution in [3.05, 3.63) is 53.3 Å². The van der Waals surface area contributed by atoms with Gasteiger partial charge in [-0.25, -0.2) is 4.98 Å². The fourth-order valence-electron chi connectivity index (χ4n) is 1.74. The van der Waals surface area contributed by atoms with Gasteiger partial charge in [-0.3, -0.25) is 4.98 Å². The molecule has 0 aliphatic heterocycles. The van der Waals surface area contributed by atoms with Crippen LogP contribution < -0.4 is 5.32 Å². The van der Waals surface area contributed by atoms with Crippen molar-refractivity contribution in [3.8, 4) is 0 Å². The smallest absolute Gasteiger partial charge is 0.235 e. The number of hydrogen-bond donors (Lipinski definition) is 1. The summed E-state index contributed by atoms with van der Waals surface area (Å²) in [6.45, 7) is 0.533. The van der Waals surface area contributed by atoms with Gasteiger partial charge in [0.15, 0.2) is 5.65 Å². The third kappa shape index (κ3) is 2.48. The average Bonchev–Trinajstić information content (AvgIpc) is 2.77. The molecule has 96 valence electrons.